The molecular weight excluding hydrogens is 260 g/mol. The van der Waals surface area contributed by atoms with E-state index in [-0.39, 0.29) is 10.7 Å². The third-order valence-corrected chi connectivity index (χ3v) is 4.85. The Morgan fingerprint density at radius 1 is 1.05 bits per heavy atom. The van der Waals surface area contributed by atoms with Crippen molar-refractivity contribution >= 4 is 5.69 Å². The van der Waals surface area contributed by atoms with Gasteiger partial charge in [0.2, 0.25) is 0 Å². The molecule has 2 aliphatic heterocycles. The van der Waals surface area contributed by atoms with Crippen LogP contribution in [0.2, 0.25) is 0 Å². The fourth-order valence-electron chi connectivity index (χ4n) is 3.75. The lowest BCUT2D eigenvalue weighted by atomic mass is 9.96. The van der Waals surface area contributed by atoms with E-state index in [1.54, 1.807) is 7.05 Å². The van der Waals surface area contributed by atoms with Crippen molar-refractivity contribution in [1.29, 1.82) is 0 Å². The van der Waals surface area contributed by atoms with E-state index < -0.39 is 0 Å². The molecule has 2 aromatic carbocycles. The second-order valence-electron chi connectivity index (χ2n) is 6.42. The maximum atomic E-state index is 12.5. The molecule has 0 aliphatic carbocycles. The molecule has 0 saturated carbocycles. The fraction of sp³-hybridized carbons (Fsp3) is 0.333. The number of quaternary nitrogens is 1. The van der Waals surface area contributed by atoms with Gasteiger partial charge in [0.25, 0.3) is 0 Å². The van der Waals surface area contributed by atoms with Gasteiger partial charge in [-0.05, 0) is 29.2 Å². The molecular formula is C18H20N2O. The Morgan fingerprint density at radius 2 is 1.76 bits per heavy atom. The number of hydrogen-bond donors (Lipinski definition) is 0. The zero-order chi connectivity index (χ0) is 14.4. The van der Waals surface area contributed by atoms with E-state index in [0.29, 0.717) is 13.1 Å². The molecule has 21 heavy (non-hydrogen) atoms. The Balaban J connectivity index is 1.90. The predicted octanol–water partition coefficient (Wildman–Crippen LogP) is 3.10. The second kappa shape index (κ2) is 4.58. The highest BCUT2D eigenvalue weighted by Gasteiger charge is 2.36. The van der Waals surface area contributed by atoms with Gasteiger partial charge in [-0.1, -0.05) is 42.5 Å². The van der Waals surface area contributed by atoms with E-state index in [4.69, 9.17) is 0 Å². The average molecular weight is 280 g/mol. The zero-order valence-corrected chi connectivity index (χ0v) is 12.3. The molecule has 0 spiro atoms. The molecule has 1 fully saturated rings. The number of hydroxylamine groups is 3. The largest absolute Gasteiger partial charge is 0.633 e. The molecule has 3 heteroatoms. The Kier molecular flexibility index (Phi) is 2.81. The van der Waals surface area contributed by atoms with Gasteiger partial charge in [-0.25, -0.2) is 0 Å². The molecule has 2 heterocycles. The summed E-state index contributed by atoms with van der Waals surface area (Å²) in [5, 5.41) is 12.5. The zero-order valence-electron chi connectivity index (χ0n) is 12.3. The lowest BCUT2D eigenvalue weighted by Crippen LogP contribution is -2.55. The van der Waals surface area contributed by atoms with E-state index >= 15 is 0 Å². The Hall–Kier alpha value is -1.84. The van der Waals surface area contributed by atoms with Gasteiger partial charge in [-0.2, -0.15) is 0 Å². The van der Waals surface area contributed by atoms with Gasteiger partial charge < -0.3 is 14.8 Å². The number of benzene rings is 2. The van der Waals surface area contributed by atoms with E-state index in [2.05, 4.69) is 53.4 Å². The summed E-state index contributed by atoms with van der Waals surface area (Å²) in [5.74, 6) is 0. The van der Waals surface area contributed by atoms with Crippen LogP contribution in [0.4, 0.5) is 5.69 Å². The fourth-order valence-corrected chi connectivity index (χ4v) is 3.75. The summed E-state index contributed by atoms with van der Waals surface area (Å²) >= 11 is 0. The van der Waals surface area contributed by atoms with E-state index in [0.717, 1.165) is 13.0 Å². The van der Waals surface area contributed by atoms with Gasteiger partial charge in [0.05, 0.1) is 20.1 Å². The standard InChI is InChI=1S/C18H20N2O/c1-20(21)11-10-19-17-9-5-3-7-15(17)12-14-6-2-4-8-16(14)18(19)13-20/h2-9,18H,10-13H2,1H3/t18-,20?/m1/s1. The molecule has 0 N–H and O–H groups in total. The summed E-state index contributed by atoms with van der Waals surface area (Å²) in [7, 11) is 1.80. The lowest BCUT2D eigenvalue weighted by molar-refractivity contribution is -0.864. The van der Waals surface area contributed by atoms with Crippen molar-refractivity contribution < 1.29 is 4.65 Å². The quantitative estimate of drug-likeness (QED) is 0.547. The molecule has 0 bridgehead atoms. The van der Waals surface area contributed by atoms with Crippen LogP contribution < -0.4 is 4.90 Å². The number of nitrogens with zero attached hydrogens (tertiary/aromatic N) is 2. The first-order valence-corrected chi connectivity index (χ1v) is 7.62. The first kappa shape index (κ1) is 12.9. The monoisotopic (exact) mass is 280 g/mol. The van der Waals surface area contributed by atoms with Crippen LogP contribution in [0.5, 0.6) is 0 Å². The maximum absolute atomic E-state index is 12.5. The summed E-state index contributed by atoms with van der Waals surface area (Å²) < 4.78 is -0.141. The number of para-hydroxylation sites is 1. The van der Waals surface area contributed by atoms with Crippen LogP contribution in [0.1, 0.15) is 22.7 Å². The van der Waals surface area contributed by atoms with Crippen LogP contribution in [-0.4, -0.2) is 31.3 Å². The second-order valence-corrected chi connectivity index (χ2v) is 6.42. The molecule has 0 aromatic heterocycles. The molecule has 2 aromatic rings. The van der Waals surface area contributed by atoms with E-state index in [1.807, 2.05) is 0 Å². The van der Waals surface area contributed by atoms with Crippen molar-refractivity contribution in [2.24, 2.45) is 0 Å². The minimum atomic E-state index is -0.141. The third-order valence-electron chi connectivity index (χ3n) is 4.85. The molecule has 2 aliphatic rings. The minimum Gasteiger partial charge on any atom is -0.633 e. The Labute approximate surface area is 125 Å². The van der Waals surface area contributed by atoms with Gasteiger partial charge in [-0.3, -0.25) is 0 Å². The number of hydrogen-bond acceptors (Lipinski definition) is 2. The molecule has 0 amide bonds. The topological polar surface area (TPSA) is 26.3 Å². The number of piperazine rings is 1. The first-order valence-electron chi connectivity index (χ1n) is 7.62. The number of likely N-dealkylation sites (N-methyl/N-ethyl adjacent to an activating group) is 1. The van der Waals surface area contributed by atoms with Crippen LogP contribution >= 0.6 is 0 Å². The first-order chi connectivity index (χ1) is 10.1. The lowest BCUT2D eigenvalue weighted by Gasteiger charge is -2.50. The highest BCUT2D eigenvalue weighted by atomic mass is 16.5. The van der Waals surface area contributed by atoms with Crippen molar-refractivity contribution in [1.82, 2.24) is 0 Å². The van der Waals surface area contributed by atoms with Gasteiger partial charge in [0, 0.05) is 5.69 Å². The Morgan fingerprint density at radius 3 is 2.62 bits per heavy atom. The van der Waals surface area contributed by atoms with Crippen molar-refractivity contribution in [3.05, 3.63) is 70.4 Å². The molecule has 108 valence electrons. The van der Waals surface area contributed by atoms with Crippen molar-refractivity contribution in [2.75, 3.05) is 31.6 Å². The summed E-state index contributed by atoms with van der Waals surface area (Å²) in [6.07, 6.45) is 0.960. The molecule has 4 rings (SSSR count). The number of fused-ring (bicyclic) bond motifs is 5. The SMILES string of the molecule is C[N+]1([O-])CCN2c3ccccc3Cc3ccccc3[C@H]2C1. The summed E-state index contributed by atoms with van der Waals surface area (Å²) in [4.78, 5) is 2.44. The normalized spacial score (nSPS) is 27.3. The van der Waals surface area contributed by atoms with Crippen LogP contribution in [0.25, 0.3) is 0 Å². The van der Waals surface area contributed by atoms with Crippen LogP contribution in [0, 0.1) is 5.21 Å². The highest BCUT2D eigenvalue weighted by Crippen LogP contribution is 2.39. The molecule has 0 radical (unpaired) electrons. The van der Waals surface area contributed by atoms with E-state index in [9.17, 15) is 5.21 Å². The van der Waals surface area contributed by atoms with Crippen LogP contribution in [0.3, 0.4) is 0 Å². The smallest absolute Gasteiger partial charge is 0.104 e. The van der Waals surface area contributed by atoms with Gasteiger partial charge in [0.1, 0.15) is 12.6 Å². The Bertz CT molecular complexity index is 680. The van der Waals surface area contributed by atoms with Gasteiger partial charge in [0.15, 0.2) is 0 Å². The molecule has 1 saturated heterocycles. The molecule has 3 nitrogen and oxygen atoms in total. The maximum Gasteiger partial charge on any atom is 0.104 e. The van der Waals surface area contributed by atoms with Crippen molar-refractivity contribution in [3.8, 4) is 0 Å². The van der Waals surface area contributed by atoms with Crippen LogP contribution in [-0.2, 0) is 6.42 Å². The number of anilines is 1. The molecule has 2 atom stereocenters. The summed E-state index contributed by atoms with van der Waals surface area (Å²) in [6, 6.07) is 17.4. The summed E-state index contributed by atoms with van der Waals surface area (Å²) in [6.45, 7) is 2.12. The minimum absolute atomic E-state index is 0.141. The van der Waals surface area contributed by atoms with Gasteiger partial charge >= 0.3 is 0 Å². The third kappa shape index (κ3) is 2.13. The molecule has 1 unspecified atom stereocenters. The average Bonchev–Trinajstić information content (AvgIpc) is 2.60. The van der Waals surface area contributed by atoms with E-state index in [1.165, 1.54) is 22.4 Å². The highest BCUT2D eigenvalue weighted by molar-refractivity contribution is 5.60. The van der Waals surface area contributed by atoms with Gasteiger partial charge in [-0.15, -0.1) is 0 Å². The predicted molar refractivity (Wildman–Crippen MR) is 85.1 cm³/mol. The summed E-state index contributed by atoms with van der Waals surface area (Å²) in [5.41, 5.74) is 5.36. The van der Waals surface area contributed by atoms with Crippen molar-refractivity contribution in [3.63, 3.8) is 0 Å². The van der Waals surface area contributed by atoms with Crippen LogP contribution in [0.15, 0.2) is 48.5 Å². The number of rotatable bonds is 0. The van der Waals surface area contributed by atoms with Crippen molar-refractivity contribution in [2.45, 2.75) is 12.5 Å².